The van der Waals surface area contributed by atoms with Crippen molar-refractivity contribution in [3.63, 3.8) is 0 Å². The van der Waals surface area contributed by atoms with Crippen LogP contribution in [0.4, 0.5) is 5.69 Å². The number of nitrogens with one attached hydrogen (secondary N) is 1. The zero-order chi connectivity index (χ0) is 31.9. The van der Waals surface area contributed by atoms with Gasteiger partial charge in [-0.15, -0.1) is 0 Å². The average molecular weight is 675 g/mol. The van der Waals surface area contributed by atoms with Gasteiger partial charge in [0.1, 0.15) is 24.1 Å². The van der Waals surface area contributed by atoms with Crippen LogP contribution >= 0.6 is 15.9 Å². The molecule has 232 valence electrons. The molecule has 0 aromatic heterocycles. The first-order valence-corrected chi connectivity index (χ1v) is 16.1. The van der Waals surface area contributed by atoms with Crippen molar-refractivity contribution in [1.29, 1.82) is 0 Å². The lowest BCUT2D eigenvalue weighted by molar-refractivity contribution is -0.141. The molecule has 1 atom stereocenters. The first-order chi connectivity index (χ1) is 20.2. The van der Waals surface area contributed by atoms with Crippen LogP contribution in [-0.2, 0) is 26.2 Å². The molecule has 43 heavy (non-hydrogen) atoms. The summed E-state index contributed by atoms with van der Waals surface area (Å²) in [6, 6.07) is 17.7. The van der Waals surface area contributed by atoms with Crippen LogP contribution in [0.25, 0.3) is 0 Å². The Morgan fingerprint density at radius 3 is 2.21 bits per heavy atom. The lowest BCUT2D eigenvalue weighted by Gasteiger charge is -2.35. The summed E-state index contributed by atoms with van der Waals surface area (Å²) in [6.45, 7) is 8.85. The second kappa shape index (κ2) is 14.3. The van der Waals surface area contributed by atoms with Gasteiger partial charge in [-0.2, -0.15) is 0 Å². The highest BCUT2D eigenvalue weighted by Crippen LogP contribution is 2.31. The molecule has 0 saturated carbocycles. The van der Waals surface area contributed by atoms with E-state index >= 15 is 0 Å². The summed E-state index contributed by atoms with van der Waals surface area (Å²) >= 11 is 3.37. The van der Waals surface area contributed by atoms with Crippen molar-refractivity contribution in [2.75, 3.05) is 25.1 Å². The molecule has 0 saturated heterocycles. The van der Waals surface area contributed by atoms with E-state index in [2.05, 4.69) is 21.2 Å². The Kier molecular flexibility index (Phi) is 11.3. The monoisotopic (exact) mass is 673 g/mol. The number of rotatable bonds is 12. The van der Waals surface area contributed by atoms with Gasteiger partial charge in [-0.3, -0.25) is 13.9 Å². The highest BCUT2D eigenvalue weighted by atomic mass is 79.9. The second-order valence-electron chi connectivity index (χ2n) is 11.2. The topological polar surface area (TPSA) is 105 Å². The van der Waals surface area contributed by atoms with Gasteiger partial charge < -0.3 is 19.7 Å². The Labute approximate surface area is 263 Å². The van der Waals surface area contributed by atoms with Crippen LogP contribution in [0.1, 0.15) is 45.2 Å². The first kappa shape index (κ1) is 33.9. The molecule has 9 nitrogen and oxygen atoms in total. The molecular weight excluding hydrogens is 634 g/mol. The van der Waals surface area contributed by atoms with Gasteiger partial charge in [0.25, 0.3) is 10.0 Å². The largest absolute Gasteiger partial charge is 0.497 e. The number of hydrogen-bond donors (Lipinski definition) is 1. The fraction of sp³-hybridized carbons (Fsp3) is 0.375. The lowest BCUT2D eigenvalue weighted by Crippen LogP contribution is -2.55. The van der Waals surface area contributed by atoms with Crippen molar-refractivity contribution in [3.05, 3.63) is 82.3 Å². The second-order valence-corrected chi connectivity index (χ2v) is 13.9. The van der Waals surface area contributed by atoms with Gasteiger partial charge >= 0.3 is 0 Å². The van der Waals surface area contributed by atoms with Gasteiger partial charge in [-0.25, -0.2) is 8.42 Å². The van der Waals surface area contributed by atoms with Crippen LogP contribution in [-0.4, -0.2) is 57.5 Å². The summed E-state index contributed by atoms with van der Waals surface area (Å²) in [6.07, 6.45) is 0.320. The molecular formula is C32H40BrN3O6S. The fourth-order valence-corrected chi connectivity index (χ4v) is 6.65. The minimum Gasteiger partial charge on any atom is -0.497 e. The zero-order valence-corrected chi connectivity index (χ0v) is 28.1. The summed E-state index contributed by atoms with van der Waals surface area (Å²) in [5.41, 5.74) is 1.45. The summed E-state index contributed by atoms with van der Waals surface area (Å²) in [4.78, 5) is 29.1. The quantitative estimate of drug-likeness (QED) is 0.265. The van der Waals surface area contributed by atoms with Gasteiger partial charge in [-0.05, 0) is 98.1 Å². The van der Waals surface area contributed by atoms with E-state index in [1.165, 1.54) is 24.1 Å². The maximum Gasteiger partial charge on any atom is 0.264 e. The first-order valence-electron chi connectivity index (χ1n) is 13.9. The molecule has 0 fully saturated rings. The van der Waals surface area contributed by atoms with Crippen LogP contribution in [0.15, 0.2) is 76.1 Å². The van der Waals surface area contributed by atoms with Gasteiger partial charge in [0.2, 0.25) is 11.8 Å². The third-order valence-corrected chi connectivity index (χ3v) is 9.07. The van der Waals surface area contributed by atoms with Crippen molar-refractivity contribution in [2.24, 2.45) is 0 Å². The summed E-state index contributed by atoms with van der Waals surface area (Å²) in [5.74, 6) is 0.216. The molecule has 0 aliphatic heterocycles. The number of anilines is 1. The number of halogens is 1. The van der Waals surface area contributed by atoms with Crippen LogP contribution in [0.5, 0.6) is 11.5 Å². The average Bonchev–Trinajstić information content (AvgIpc) is 2.95. The van der Waals surface area contributed by atoms with E-state index in [0.29, 0.717) is 28.1 Å². The number of methoxy groups -OCH3 is 2. The Bertz CT molecular complexity index is 1540. The maximum absolute atomic E-state index is 14.2. The standard InChI is InChI=1S/C32H40BrN3O6S/c1-8-28(31(38)34-32(3,4)5)35(20-23-10-9-11-25(18-23)41-6)30(37)21-36(24-14-12-22(2)13-15-24)43(39,40)26-16-17-29(42-7)27(33)19-26/h9-19,28H,8,20-21H2,1-7H3,(H,34,38)/t28-/m0/s1. The molecule has 0 aliphatic rings. The third-order valence-electron chi connectivity index (χ3n) is 6.68. The van der Waals surface area contributed by atoms with Gasteiger partial charge in [0, 0.05) is 12.1 Å². The van der Waals surface area contributed by atoms with Crippen molar-refractivity contribution < 1.29 is 27.5 Å². The number of nitrogens with zero attached hydrogens (tertiary/aromatic N) is 2. The van der Waals surface area contributed by atoms with E-state index < -0.39 is 34.1 Å². The molecule has 3 aromatic carbocycles. The van der Waals surface area contributed by atoms with E-state index in [1.807, 2.05) is 40.7 Å². The SMILES string of the molecule is CC[C@@H](C(=O)NC(C)(C)C)N(Cc1cccc(OC)c1)C(=O)CN(c1ccc(C)cc1)S(=O)(=O)c1ccc(OC)c(Br)c1. The predicted molar refractivity (Wildman–Crippen MR) is 172 cm³/mol. The lowest BCUT2D eigenvalue weighted by atomic mass is 10.1. The smallest absolute Gasteiger partial charge is 0.264 e. The molecule has 3 rings (SSSR count). The number of carbonyl (C=O) groups excluding carboxylic acids is 2. The van der Waals surface area contributed by atoms with E-state index in [-0.39, 0.29) is 17.3 Å². The number of benzene rings is 3. The molecule has 3 aromatic rings. The van der Waals surface area contributed by atoms with Gasteiger partial charge in [0.05, 0.1) is 29.3 Å². The number of carbonyl (C=O) groups is 2. The summed E-state index contributed by atoms with van der Waals surface area (Å²) in [5, 5.41) is 2.97. The number of sulfonamides is 1. The normalized spacial score (nSPS) is 12.3. The molecule has 11 heteroatoms. The number of ether oxygens (including phenoxy) is 2. The van der Waals surface area contributed by atoms with Crippen LogP contribution in [0.2, 0.25) is 0 Å². The van der Waals surface area contributed by atoms with Gasteiger partial charge in [-0.1, -0.05) is 36.8 Å². The zero-order valence-electron chi connectivity index (χ0n) is 25.7. The Morgan fingerprint density at radius 1 is 0.977 bits per heavy atom. The minimum absolute atomic E-state index is 0.0228. The van der Waals surface area contributed by atoms with Crippen LogP contribution in [0.3, 0.4) is 0 Å². The van der Waals surface area contributed by atoms with Crippen molar-refractivity contribution in [1.82, 2.24) is 10.2 Å². The van der Waals surface area contributed by atoms with E-state index in [4.69, 9.17) is 9.47 Å². The summed E-state index contributed by atoms with van der Waals surface area (Å²) in [7, 11) is -1.19. The molecule has 2 amide bonds. The maximum atomic E-state index is 14.2. The number of hydrogen-bond acceptors (Lipinski definition) is 6. The van der Waals surface area contributed by atoms with Crippen LogP contribution in [0, 0.1) is 6.92 Å². The molecule has 0 aliphatic carbocycles. The molecule has 1 N–H and O–H groups in total. The third kappa shape index (κ3) is 8.73. The van der Waals surface area contributed by atoms with Crippen molar-refractivity contribution >= 4 is 43.5 Å². The molecule has 0 radical (unpaired) electrons. The Hall–Kier alpha value is -3.57. The van der Waals surface area contributed by atoms with E-state index in [9.17, 15) is 18.0 Å². The molecule has 0 heterocycles. The number of aryl methyl sites for hydroxylation is 1. The minimum atomic E-state index is -4.23. The van der Waals surface area contributed by atoms with E-state index in [1.54, 1.807) is 55.6 Å². The molecule has 0 spiro atoms. The highest BCUT2D eigenvalue weighted by molar-refractivity contribution is 9.10. The van der Waals surface area contributed by atoms with Gasteiger partial charge in [0.15, 0.2) is 0 Å². The fourth-order valence-electron chi connectivity index (χ4n) is 4.51. The molecule has 0 unspecified atom stereocenters. The number of amides is 2. The highest BCUT2D eigenvalue weighted by Gasteiger charge is 2.35. The predicted octanol–water partition coefficient (Wildman–Crippen LogP) is 5.69. The Balaban J connectivity index is 2.10. The van der Waals surface area contributed by atoms with Crippen LogP contribution < -0.4 is 19.1 Å². The molecule has 0 bridgehead atoms. The Morgan fingerprint density at radius 2 is 1.65 bits per heavy atom. The van der Waals surface area contributed by atoms with Crippen molar-refractivity contribution in [3.8, 4) is 11.5 Å². The summed E-state index contributed by atoms with van der Waals surface area (Å²) < 4.78 is 40.4. The van der Waals surface area contributed by atoms with E-state index in [0.717, 1.165) is 15.4 Å². The van der Waals surface area contributed by atoms with Crippen molar-refractivity contribution in [2.45, 2.75) is 64.1 Å².